The van der Waals surface area contributed by atoms with E-state index in [1.165, 1.54) is 0 Å². The van der Waals surface area contributed by atoms with Crippen molar-refractivity contribution in [1.29, 1.82) is 0 Å². The normalized spacial score (nSPS) is 30.2. The van der Waals surface area contributed by atoms with Crippen LogP contribution in [0.3, 0.4) is 0 Å². The summed E-state index contributed by atoms with van der Waals surface area (Å²) in [5.41, 5.74) is 0. The van der Waals surface area contributed by atoms with Gasteiger partial charge in [-0.1, -0.05) is 0 Å². The van der Waals surface area contributed by atoms with Crippen molar-refractivity contribution in [2.45, 2.75) is 12.1 Å². The van der Waals surface area contributed by atoms with Crippen molar-refractivity contribution in [3.63, 3.8) is 0 Å². The van der Waals surface area contributed by atoms with Crippen LogP contribution >= 0.6 is 11.6 Å². The van der Waals surface area contributed by atoms with E-state index in [9.17, 15) is 8.42 Å². The van der Waals surface area contributed by atoms with Crippen LogP contribution in [-0.4, -0.2) is 55.1 Å². The van der Waals surface area contributed by atoms with E-state index in [4.69, 9.17) is 11.6 Å². The molecule has 0 saturated carbocycles. The number of hydrogen-bond acceptors (Lipinski definition) is 6. The Morgan fingerprint density at radius 3 is 3.06 bits per heavy atom. The molecule has 0 amide bonds. The summed E-state index contributed by atoms with van der Waals surface area (Å²) >= 11 is 5.78. The highest BCUT2D eigenvalue weighted by molar-refractivity contribution is 7.91. The molecule has 2 aliphatic rings. The van der Waals surface area contributed by atoms with Gasteiger partial charge in [0.2, 0.25) is 5.28 Å². The average Bonchev–Trinajstić information content (AvgIpc) is 2.62. The summed E-state index contributed by atoms with van der Waals surface area (Å²) in [5.74, 6) is 1.07. The standard InChI is InChI=1S/C10H13ClN4O2S/c11-10-13-2-1-9(14-10)15-4-3-12-7-5-18(16,17)6-8(7)15/h1-2,7-8,12H,3-6H2/t7-,8+/m1/s1. The summed E-state index contributed by atoms with van der Waals surface area (Å²) in [6, 6.07) is 1.69. The first kappa shape index (κ1) is 12.1. The van der Waals surface area contributed by atoms with E-state index in [0.29, 0.717) is 5.82 Å². The van der Waals surface area contributed by atoms with Crippen LogP contribution in [0.5, 0.6) is 0 Å². The number of fused-ring (bicyclic) bond motifs is 1. The molecule has 6 nitrogen and oxygen atoms in total. The Labute approximate surface area is 110 Å². The van der Waals surface area contributed by atoms with E-state index in [2.05, 4.69) is 15.3 Å². The third kappa shape index (κ3) is 2.17. The molecule has 1 N–H and O–H groups in total. The minimum absolute atomic E-state index is 0.0162. The van der Waals surface area contributed by atoms with Gasteiger partial charge in [0.05, 0.1) is 17.5 Å². The van der Waals surface area contributed by atoms with E-state index in [1.54, 1.807) is 12.3 Å². The molecule has 3 heterocycles. The molecule has 2 saturated heterocycles. The number of halogens is 1. The van der Waals surface area contributed by atoms with Crippen LogP contribution in [0.4, 0.5) is 5.82 Å². The number of nitrogens with one attached hydrogen (secondary N) is 1. The average molecular weight is 289 g/mol. The van der Waals surface area contributed by atoms with Gasteiger partial charge in [0.15, 0.2) is 9.84 Å². The van der Waals surface area contributed by atoms with Gasteiger partial charge in [-0.3, -0.25) is 0 Å². The Morgan fingerprint density at radius 1 is 1.44 bits per heavy atom. The zero-order valence-electron chi connectivity index (χ0n) is 9.58. The molecule has 2 atom stereocenters. The molecule has 0 aliphatic carbocycles. The minimum atomic E-state index is -2.96. The van der Waals surface area contributed by atoms with Gasteiger partial charge in [-0.2, -0.15) is 0 Å². The number of hydrogen-bond donors (Lipinski definition) is 1. The lowest BCUT2D eigenvalue weighted by Gasteiger charge is -2.38. The number of aromatic nitrogens is 2. The van der Waals surface area contributed by atoms with Crippen LogP contribution in [0.15, 0.2) is 12.3 Å². The molecular formula is C10H13ClN4O2S. The molecule has 8 heteroatoms. The fourth-order valence-electron chi connectivity index (χ4n) is 2.64. The van der Waals surface area contributed by atoms with Gasteiger partial charge in [0.1, 0.15) is 5.82 Å². The molecule has 0 spiro atoms. The predicted molar refractivity (Wildman–Crippen MR) is 68.6 cm³/mol. The number of piperazine rings is 1. The summed E-state index contributed by atoms with van der Waals surface area (Å²) in [6.07, 6.45) is 1.59. The van der Waals surface area contributed by atoms with Gasteiger partial charge in [-0.25, -0.2) is 18.4 Å². The van der Waals surface area contributed by atoms with Crippen molar-refractivity contribution in [2.75, 3.05) is 29.5 Å². The van der Waals surface area contributed by atoms with E-state index >= 15 is 0 Å². The maximum absolute atomic E-state index is 11.7. The Balaban J connectivity index is 1.93. The number of rotatable bonds is 1. The van der Waals surface area contributed by atoms with Crippen molar-refractivity contribution in [3.05, 3.63) is 17.5 Å². The zero-order chi connectivity index (χ0) is 12.8. The van der Waals surface area contributed by atoms with Gasteiger partial charge < -0.3 is 10.2 Å². The van der Waals surface area contributed by atoms with Crippen LogP contribution in [0, 0.1) is 0 Å². The first-order valence-electron chi connectivity index (χ1n) is 5.74. The summed E-state index contributed by atoms with van der Waals surface area (Å²) in [4.78, 5) is 10.0. The molecule has 1 aromatic heterocycles. The quantitative estimate of drug-likeness (QED) is 0.716. The van der Waals surface area contributed by atoms with Crippen molar-refractivity contribution >= 4 is 27.3 Å². The lowest BCUT2D eigenvalue weighted by molar-refractivity contribution is 0.422. The third-order valence-electron chi connectivity index (χ3n) is 3.39. The third-order valence-corrected chi connectivity index (χ3v) is 5.29. The van der Waals surface area contributed by atoms with Gasteiger partial charge in [-0.05, 0) is 17.7 Å². The largest absolute Gasteiger partial charge is 0.350 e. The molecule has 98 valence electrons. The maximum Gasteiger partial charge on any atom is 0.224 e. The fraction of sp³-hybridized carbons (Fsp3) is 0.600. The van der Waals surface area contributed by atoms with Gasteiger partial charge in [-0.15, -0.1) is 0 Å². The van der Waals surface area contributed by atoms with Gasteiger partial charge in [0.25, 0.3) is 0 Å². The lowest BCUT2D eigenvalue weighted by Crippen LogP contribution is -2.57. The SMILES string of the molecule is O=S1(=O)C[C@H]2NCCN(c3ccnc(Cl)n3)[C@H]2C1. The highest BCUT2D eigenvalue weighted by Gasteiger charge is 2.43. The molecule has 0 bridgehead atoms. The van der Waals surface area contributed by atoms with Crippen molar-refractivity contribution < 1.29 is 8.42 Å². The lowest BCUT2D eigenvalue weighted by atomic mass is 10.1. The summed E-state index contributed by atoms with van der Waals surface area (Å²) < 4.78 is 23.4. The summed E-state index contributed by atoms with van der Waals surface area (Å²) in [5, 5.41) is 3.44. The van der Waals surface area contributed by atoms with Crippen LogP contribution in [0.2, 0.25) is 5.28 Å². The van der Waals surface area contributed by atoms with Crippen molar-refractivity contribution in [1.82, 2.24) is 15.3 Å². The molecule has 2 fully saturated rings. The molecular weight excluding hydrogens is 276 g/mol. The summed E-state index contributed by atoms with van der Waals surface area (Å²) in [6.45, 7) is 1.47. The smallest absolute Gasteiger partial charge is 0.224 e. The Hall–Kier alpha value is -0.920. The molecule has 0 unspecified atom stereocenters. The molecule has 0 radical (unpaired) electrons. The van der Waals surface area contributed by atoms with E-state index in [1.807, 2.05) is 4.90 Å². The van der Waals surface area contributed by atoms with E-state index < -0.39 is 9.84 Å². The fourth-order valence-corrected chi connectivity index (χ4v) is 4.74. The Kier molecular flexibility index (Phi) is 2.91. The first-order chi connectivity index (χ1) is 8.55. The minimum Gasteiger partial charge on any atom is -0.350 e. The second-order valence-corrected chi connectivity index (χ2v) is 7.07. The van der Waals surface area contributed by atoms with Gasteiger partial charge >= 0.3 is 0 Å². The monoisotopic (exact) mass is 288 g/mol. The molecule has 18 heavy (non-hydrogen) atoms. The highest BCUT2D eigenvalue weighted by atomic mass is 35.5. The van der Waals surface area contributed by atoms with E-state index in [-0.39, 0.29) is 28.9 Å². The second kappa shape index (κ2) is 4.32. The topological polar surface area (TPSA) is 75.2 Å². The van der Waals surface area contributed by atoms with Crippen LogP contribution in [0.25, 0.3) is 0 Å². The summed E-state index contributed by atoms with van der Waals surface area (Å²) in [7, 11) is -2.96. The second-order valence-electron chi connectivity index (χ2n) is 4.58. The van der Waals surface area contributed by atoms with Crippen LogP contribution in [-0.2, 0) is 9.84 Å². The van der Waals surface area contributed by atoms with Crippen LogP contribution < -0.4 is 10.2 Å². The molecule has 1 aromatic rings. The number of sulfone groups is 1. The number of anilines is 1. The predicted octanol–water partition coefficient (Wildman–Crippen LogP) is -0.295. The Bertz CT molecular complexity index is 565. The molecule has 3 rings (SSSR count). The van der Waals surface area contributed by atoms with Crippen molar-refractivity contribution in [3.8, 4) is 0 Å². The van der Waals surface area contributed by atoms with E-state index in [0.717, 1.165) is 13.1 Å². The van der Waals surface area contributed by atoms with Gasteiger partial charge in [0, 0.05) is 25.3 Å². The maximum atomic E-state index is 11.7. The first-order valence-corrected chi connectivity index (χ1v) is 7.94. The highest BCUT2D eigenvalue weighted by Crippen LogP contribution is 2.25. The molecule has 0 aromatic carbocycles. The van der Waals surface area contributed by atoms with Crippen molar-refractivity contribution in [2.24, 2.45) is 0 Å². The Morgan fingerprint density at radius 2 is 2.28 bits per heavy atom. The zero-order valence-corrected chi connectivity index (χ0v) is 11.2. The number of nitrogens with zero attached hydrogens (tertiary/aromatic N) is 3. The molecule has 2 aliphatic heterocycles. The van der Waals surface area contributed by atoms with Crippen LogP contribution in [0.1, 0.15) is 0 Å².